The highest BCUT2D eigenvalue weighted by molar-refractivity contribution is 5.88. The Morgan fingerprint density at radius 2 is 1.70 bits per heavy atom. The van der Waals surface area contributed by atoms with Gasteiger partial charge < -0.3 is 10.1 Å². The van der Waals surface area contributed by atoms with E-state index in [2.05, 4.69) is 15.3 Å². The molecule has 0 spiro atoms. The molecule has 0 saturated carbocycles. The van der Waals surface area contributed by atoms with Crippen LogP contribution < -0.4 is 5.32 Å². The van der Waals surface area contributed by atoms with Crippen molar-refractivity contribution in [2.45, 2.75) is 18.9 Å². The normalized spacial score (nSPS) is 11.9. The molecule has 0 saturated heterocycles. The first kappa shape index (κ1) is 19.5. The van der Waals surface area contributed by atoms with E-state index >= 15 is 0 Å². The molecular weight excluding hydrogens is 378 g/mol. The van der Waals surface area contributed by atoms with Crippen molar-refractivity contribution in [2.24, 2.45) is 0 Å². The number of benzene rings is 3. The first-order valence-corrected chi connectivity index (χ1v) is 9.68. The number of rotatable bonds is 6. The van der Waals surface area contributed by atoms with Gasteiger partial charge in [-0.15, -0.1) is 0 Å². The molecule has 1 aromatic heterocycles. The standard InChI is InChI=1S/C24H21N3O3/c1-30-24(29)22(14-19-15-25-20-8-4-5-9-21(20)26-19)27-23(28)13-16-10-11-17-6-2-3-7-18(17)12-16/h2-12,15,22H,13-14H2,1H3,(H,27,28)/t22-/m0/s1. The molecule has 4 aromatic rings. The Kier molecular flexibility index (Phi) is 5.66. The smallest absolute Gasteiger partial charge is 0.328 e. The summed E-state index contributed by atoms with van der Waals surface area (Å²) in [4.78, 5) is 33.8. The SMILES string of the molecule is COC(=O)[C@H](Cc1cnc2ccccc2n1)NC(=O)Cc1ccc2ccccc2c1. The third kappa shape index (κ3) is 4.43. The number of hydrogen-bond acceptors (Lipinski definition) is 5. The van der Waals surface area contributed by atoms with Crippen molar-refractivity contribution in [3.05, 3.63) is 84.2 Å². The Hall–Kier alpha value is -3.80. The molecule has 0 fully saturated rings. The summed E-state index contributed by atoms with van der Waals surface area (Å²) in [5, 5.41) is 4.96. The van der Waals surface area contributed by atoms with Crippen molar-refractivity contribution >= 4 is 33.7 Å². The Labute approximate surface area is 173 Å². The molecule has 150 valence electrons. The highest BCUT2D eigenvalue weighted by atomic mass is 16.5. The van der Waals surface area contributed by atoms with Gasteiger partial charge in [0.25, 0.3) is 0 Å². The van der Waals surface area contributed by atoms with Crippen molar-refractivity contribution in [3.8, 4) is 0 Å². The van der Waals surface area contributed by atoms with E-state index < -0.39 is 12.0 Å². The third-order valence-corrected chi connectivity index (χ3v) is 4.91. The molecule has 0 aliphatic carbocycles. The summed E-state index contributed by atoms with van der Waals surface area (Å²) in [5.41, 5.74) is 2.99. The van der Waals surface area contributed by atoms with E-state index in [1.165, 1.54) is 7.11 Å². The first-order chi connectivity index (χ1) is 14.6. The summed E-state index contributed by atoms with van der Waals surface area (Å²) in [7, 11) is 1.30. The van der Waals surface area contributed by atoms with Crippen LogP contribution in [-0.4, -0.2) is 35.0 Å². The predicted molar refractivity (Wildman–Crippen MR) is 115 cm³/mol. The van der Waals surface area contributed by atoms with E-state index in [9.17, 15) is 9.59 Å². The first-order valence-electron chi connectivity index (χ1n) is 9.68. The maximum Gasteiger partial charge on any atom is 0.328 e. The van der Waals surface area contributed by atoms with Crippen LogP contribution in [-0.2, 0) is 27.2 Å². The maximum absolute atomic E-state index is 12.6. The van der Waals surface area contributed by atoms with Crippen LogP contribution in [0.1, 0.15) is 11.3 Å². The van der Waals surface area contributed by atoms with Crippen molar-refractivity contribution < 1.29 is 14.3 Å². The number of esters is 1. The van der Waals surface area contributed by atoms with Gasteiger partial charge in [-0.05, 0) is 28.5 Å². The van der Waals surface area contributed by atoms with Crippen LogP contribution in [0.2, 0.25) is 0 Å². The van der Waals surface area contributed by atoms with Gasteiger partial charge in [-0.1, -0.05) is 54.6 Å². The fraction of sp³-hybridized carbons (Fsp3) is 0.167. The maximum atomic E-state index is 12.6. The van der Waals surface area contributed by atoms with Gasteiger partial charge in [0.05, 0.1) is 30.3 Å². The molecule has 6 nitrogen and oxygen atoms in total. The van der Waals surface area contributed by atoms with E-state index in [1.807, 2.05) is 66.7 Å². The molecule has 0 unspecified atom stereocenters. The van der Waals surface area contributed by atoms with Crippen molar-refractivity contribution in [2.75, 3.05) is 7.11 Å². The Morgan fingerprint density at radius 1 is 0.967 bits per heavy atom. The highest BCUT2D eigenvalue weighted by Gasteiger charge is 2.23. The number of para-hydroxylation sites is 2. The van der Waals surface area contributed by atoms with E-state index in [4.69, 9.17) is 4.74 Å². The minimum Gasteiger partial charge on any atom is -0.467 e. The third-order valence-electron chi connectivity index (χ3n) is 4.91. The molecule has 6 heteroatoms. The van der Waals surface area contributed by atoms with Gasteiger partial charge in [-0.2, -0.15) is 0 Å². The number of fused-ring (bicyclic) bond motifs is 2. The summed E-state index contributed by atoms with van der Waals surface area (Å²) in [6, 6.07) is 20.5. The number of hydrogen-bond donors (Lipinski definition) is 1. The Balaban J connectivity index is 1.48. The van der Waals surface area contributed by atoms with Crippen LogP contribution in [0.15, 0.2) is 72.9 Å². The van der Waals surface area contributed by atoms with Gasteiger partial charge in [0.2, 0.25) is 5.91 Å². The van der Waals surface area contributed by atoms with Crippen molar-refractivity contribution in [3.63, 3.8) is 0 Å². The fourth-order valence-electron chi connectivity index (χ4n) is 3.42. The monoisotopic (exact) mass is 399 g/mol. The summed E-state index contributed by atoms with van der Waals surface area (Å²) in [5.74, 6) is -0.772. The molecule has 1 heterocycles. The lowest BCUT2D eigenvalue weighted by atomic mass is 10.0. The lowest BCUT2D eigenvalue weighted by Gasteiger charge is -2.16. The minimum absolute atomic E-state index is 0.168. The zero-order chi connectivity index (χ0) is 20.9. The second kappa shape index (κ2) is 8.69. The van der Waals surface area contributed by atoms with E-state index in [-0.39, 0.29) is 18.7 Å². The van der Waals surface area contributed by atoms with Crippen LogP contribution in [0.4, 0.5) is 0 Å². The van der Waals surface area contributed by atoms with Crippen LogP contribution >= 0.6 is 0 Å². The van der Waals surface area contributed by atoms with Gasteiger partial charge in [-0.3, -0.25) is 9.78 Å². The molecule has 30 heavy (non-hydrogen) atoms. The van der Waals surface area contributed by atoms with Gasteiger partial charge in [0.15, 0.2) is 0 Å². The van der Waals surface area contributed by atoms with Gasteiger partial charge in [0, 0.05) is 12.6 Å². The number of nitrogens with one attached hydrogen (secondary N) is 1. The van der Waals surface area contributed by atoms with Crippen LogP contribution in [0.3, 0.4) is 0 Å². The summed E-state index contributed by atoms with van der Waals surface area (Å²) >= 11 is 0. The van der Waals surface area contributed by atoms with Crippen LogP contribution in [0, 0.1) is 0 Å². The topological polar surface area (TPSA) is 81.2 Å². The minimum atomic E-state index is -0.835. The number of nitrogens with zero attached hydrogens (tertiary/aromatic N) is 2. The molecule has 1 atom stereocenters. The number of carbonyl (C=O) groups is 2. The van der Waals surface area contributed by atoms with Crippen LogP contribution in [0.5, 0.6) is 0 Å². The molecular formula is C24H21N3O3. The van der Waals surface area contributed by atoms with E-state index in [0.717, 1.165) is 27.4 Å². The van der Waals surface area contributed by atoms with Crippen molar-refractivity contribution in [1.29, 1.82) is 0 Å². The van der Waals surface area contributed by atoms with Gasteiger partial charge in [0.1, 0.15) is 6.04 Å². The second-order valence-electron chi connectivity index (χ2n) is 7.06. The van der Waals surface area contributed by atoms with Gasteiger partial charge in [-0.25, -0.2) is 9.78 Å². The largest absolute Gasteiger partial charge is 0.467 e. The summed E-state index contributed by atoms with van der Waals surface area (Å²) in [6.45, 7) is 0. The lowest BCUT2D eigenvalue weighted by Crippen LogP contribution is -2.43. The molecule has 1 N–H and O–H groups in total. The fourth-order valence-corrected chi connectivity index (χ4v) is 3.42. The van der Waals surface area contributed by atoms with Gasteiger partial charge >= 0.3 is 5.97 Å². The number of methoxy groups -OCH3 is 1. The Bertz CT molecular complexity index is 1220. The lowest BCUT2D eigenvalue weighted by molar-refractivity contribution is -0.145. The Morgan fingerprint density at radius 3 is 2.50 bits per heavy atom. The molecule has 0 radical (unpaired) electrons. The summed E-state index contributed by atoms with van der Waals surface area (Å²) in [6.07, 6.45) is 1.99. The number of ether oxygens (including phenoxy) is 1. The van der Waals surface area contributed by atoms with E-state index in [0.29, 0.717) is 5.69 Å². The summed E-state index contributed by atoms with van der Waals surface area (Å²) < 4.78 is 4.88. The molecule has 0 aliphatic heterocycles. The zero-order valence-corrected chi connectivity index (χ0v) is 16.5. The molecule has 0 aliphatic rings. The number of amides is 1. The molecule has 0 bridgehead atoms. The zero-order valence-electron chi connectivity index (χ0n) is 16.5. The quantitative estimate of drug-likeness (QED) is 0.504. The number of aromatic nitrogens is 2. The second-order valence-corrected chi connectivity index (χ2v) is 7.06. The number of carbonyl (C=O) groups excluding carboxylic acids is 2. The average Bonchev–Trinajstić information content (AvgIpc) is 2.78. The average molecular weight is 399 g/mol. The molecule has 3 aromatic carbocycles. The van der Waals surface area contributed by atoms with E-state index in [1.54, 1.807) is 6.20 Å². The highest BCUT2D eigenvalue weighted by Crippen LogP contribution is 2.16. The van der Waals surface area contributed by atoms with Crippen LogP contribution in [0.25, 0.3) is 21.8 Å². The molecule has 1 amide bonds. The molecule has 4 rings (SSSR count). The predicted octanol–water partition coefficient (Wildman–Crippen LogP) is 3.23. The van der Waals surface area contributed by atoms with Crippen molar-refractivity contribution in [1.82, 2.24) is 15.3 Å².